The first-order chi connectivity index (χ1) is 7.61. The van der Waals surface area contributed by atoms with E-state index in [-0.39, 0.29) is 6.04 Å². The van der Waals surface area contributed by atoms with Crippen molar-refractivity contribution >= 4 is 10.0 Å². The summed E-state index contributed by atoms with van der Waals surface area (Å²) in [6, 6.07) is 9.47. The van der Waals surface area contributed by atoms with E-state index >= 15 is 0 Å². The predicted octanol–water partition coefficient (Wildman–Crippen LogP) is 0.597. The Morgan fingerprint density at radius 2 is 1.88 bits per heavy atom. The number of sulfonamides is 1. The number of nitrogens with one attached hydrogen (secondary N) is 1. The molecule has 0 heterocycles. The number of benzene rings is 1. The highest BCUT2D eigenvalue weighted by Crippen LogP contribution is 2.21. The third-order valence-corrected chi connectivity index (χ3v) is 3.85. The zero-order valence-electron chi connectivity index (χ0n) is 8.68. The first kappa shape index (κ1) is 11.1. The van der Waals surface area contributed by atoms with Gasteiger partial charge in [0, 0.05) is 6.04 Å². The van der Waals surface area contributed by atoms with E-state index in [9.17, 15) is 8.42 Å². The lowest BCUT2D eigenvalue weighted by atomic mass is 10.1. The molecular formula is C11H12N2O2S. The quantitative estimate of drug-likeness (QED) is 0.835. The van der Waals surface area contributed by atoms with E-state index in [4.69, 9.17) is 5.26 Å². The third kappa shape index (κ3) is 2.40. The van der Waals surface area contributed by atoms with Crippen LogP contribution in [0.25, 0.3) is 0 Å². The number of hydrogen-bond acceptors (Lipinski definition) is 3. The molecule has 1 aliphatic carbocycles. The fourth-order valence-electron chi connectivity index (χ4n) is 2.02. The first-order valence-corrected chi connectivity index (χ1v) is 6.70. The topological polar surface area (TPSA) is 70.0 Å². The van der Waals surface area contributed by atoms with E-state index in [0.29, 0.717) is 12.8 Å². The van der Waals surface area contributed by atoms with Gasteiger partial charge in [-0.15, -0.1) is 0 Å². The number of nitriles is 1. The maximum atomic E-state index is 11.4. The van der Waals surface area contributed by atoms with E-state index in [1.165, 1.54) is 11.1 Å². The van der Waals surface area contributed by atoms with E-state index in [1.807, 2.05) is 24.3 Å². The molecule has 1 N–H and O–H groups in total. The van der Waals surface area contributed by atoms with Gasteiger partial charge in [0.2, 0.25) is 10.0 Å². The van der Waals surface area contributed by atoms with Crippen LogP contribution in [0, 0.1) is 11.3 Å². The van der Waals surface area contributed by atoms with Gasteiger partial charge in [0.25, 0.3) is 0 Å². The lowest BCUT2D eigenvalue weighted by Gasteiger charge is -2.09. The number of rotatable bonds is 3. The van der Waals surface area contributed by atoms with Gasteiger partial charge in [-0.2, -0.15) is 5.26 Å². The number of nitrogens with zero attached hydrogens (tertiary/aromatic N) is 1. The molecule has 4 nitrogen and oxygen atoms in total. The van der Waals surface area contributed by atoms with Gasteiger partial charge in [0.1, 0.15) is 0 Å². The van der Waals surface area contributed by atoms with Gasteiger partial charge < -0.3 is 0 Å². The van der Waals surface area contributed by atoms with E-state index in [1.54, 1.807) is 6.07 Å². The molecule has 84 valence electrons. The fraction of sp³-hybridized carbons (Fsp3) is 0.364. The fourth-order valence-corrected chi connectivity index (χ4v) is 2.95. The Balaban J connectivity index is 2.06. The van der Waals surface area contributed by atoms with Gasteiger partial charge in [0.15, 0.2) is 5.75 Å². The highest BCUT2D eigenvalue weighted by atomic mass is 32.2. The van der Waals surface area contributed by atoms with Gasteiger partial charge in [-0.05, 0) is 24.0 Å². The smallest absolute Gasteiger partial charge is 0.211 e. The predicted molar refractivity (Wildman–Crippen MR) is 60.2 cm³/mol. The number of hydrogen-bond donors (Lipinski definition) is 1. The van der Waals surface area contributed by atoms with Gasteiger partial charge in [0.05, 0.1) is 6.07 Å². The van der Waals surface area contributed by atoms with Crippen LogP contribution in [0.3, 0.4) is 0 Å². The molecule has 0 amide bonds. The zero-order chi connectivity index (χ0) is 11.6. The lowest BCUT2D eigenvalue weighted by Crippen LogP contribution is -2.36. The molecule has 0 saturated heterocycles. The largest absolute Gasteiger partial charge is 0.225 e. The van der Waals surface area contributed by atoms with Crippen molar-refractivity contribution < 1.29 is 8.42 Å². The van der Waals surface area contributed by atoms with E-state index < -0.39 is 15.8 Å². The Morgan fingerprint density at radius 1 is 1.31 bits per heavy atom. The highest BCUT2D eigenvalue weighted by Gasteiger charge is 2.24. The van der Waals surface area contributed by atoms with Crippen molar-refractivity contribution in [2.75, 3.05) is 5.75 Å². The second-order valence-electron chi connectivity index (χ2n) is 3.91. The molecule has 2 rings (SSSR count). The van der Waals surface area contributed by atoms with Gasteiger partial charge in [-0.1, -0.05) is 24.3 Å². The molecule has 0 spiro atoms. The Hall–Kier alpha value is -1.38. The molecule has 16 heavy (non-hydrogen) atoms. The summed E-state index contributed by atoms with van der Waals surface area (Å²) in [4.78, 5) is 0. The Labute approximate surface area is 95.0 Å². The van der Waals surface area contributed by atoms with Gasteiger partial charge in [-0.25, -0.2) is 13.1 Å². The van der Waals surface area contributed by atoms with Crippen LogP contribution in [0.5, 0.6) is 0 Å². The summed E-state index contributed by atoms with van der Waals surface area (Å²) in [5.74, 6) is -0.472. The molecule has 1 aromatic carbocycles. The Morgan fingerprint density at radius 3 is 2.38 bits per heavy atom. The Bertz CT molecular complexity index is 506. The van der Waals surface area contributed by atoms with E-state index in [0.717, 1.165) is 0 Å². The lowest BCUT2D eigenvalue weighted by molar-refractivity contribution is 0.559. The van der Waals surface area contributed by atoms with Crippen molar-refractivity contribution in [3.05, 3.63) is 35.4 Å². The standard InChI is InChI=1S/C11H12N2O2S/c12-5-6-16(14,15)13-11-7-9-3-1-2-4-10(9)8-11/h1-4,11,13H,6-8H2. The van der Waals surface area contributed by atoms with Crippen LogP contribution < -0.4 is 4.72 Å². The maximum absolute atomic E-state index is 11.4. The summed E-state index contributed by atoms with van der Waals surface area (Å²) in [6.07, 6.45) is 1.42. The van der Waals surface area contributed by atoms with Crippen LogP contribution >= 0.6 is 0 Å². The minimum Gasteiger partial charge on any atom is -0.211 e. The second-order valence-corrected chi connectivity index (χ2v) is 5.66. The van der Waals surface area contributed by atoms with Crippen molar-refractivity contribution in [3.8, 4) is 6.07 Å². The molecule has 0 unspecified atom stereocenters. The zero-order valence-corrected chi connectivity index (χ0v) is 9.50. The second kappa shape index (κ2) is 4.24. The third-order valence-electron chi connectivity index (χ3n) is 2.65. The minimum atomic E-state index is -3.44. The Kier molecular flexibility index (Phi) is 2.95. The molecular weight excluding hydrogens is 224 g/mol. The van der Waals surface area contributed by atoms with Crippen molar-refractivity contribution in [2.45, 2.75) is 18.9 Å². The molecule has 0 aliphatic heterocycles. The average Bonchev–Trinajstić information content (AvgIpc) is 2.58. The van der Waals surface area contributed by atoms with Crippen molar-refractivity contribution in [1.82, 2.24) is 4.72 Å². The van der Waals surface area contributed by atoms with Crippen LogP contribution in [0.2, 0.25) is 0 Å². The normalized spacial score (nSPS) is 15.7. The van der Waals surface area contributed by atoms with Crippen LogP contribution in [-0.2, 0) is 22.9 Å². The molecule has 0 atom stereocenters. The molecule has 0 saturated carbocycles. The summed E-state index contributed by atoms with van der Waals surface area (Å²) in [5, 5.41) is 8.38. The molecule has 1 aromatic rings. The molecule has 0 bridgehead atoms. The molecule has 1 aliphatic rings. The van der Waals surface area contributed by atoms with Crippen LogP contribution in [0.4, 0.5) is 0 Å². The van der Waals surface area contributed by atoms with Crippen molar-refractivity contribution in [2.24, 2.45) is 0 Å². The van der Waals surface area contributed by atoms with Crippen LogP contribution in [0.1, 0.15) is 11.1 Å². The van der Waals surface area contributed by atoms with Gasteiger partial charge >= 0.3 is 0 Å². The summed E-state index contributed by atoms with van der Waals surface area (Å²) >= 11 is 0. The molecule has 5 heteroatoms. The minimum absolute atomic E-state index is 0.101. The van der Waals surface area contributed by atoms with E-state index in [2.05, 4.69) is 4.72 Å². The van der Waals surface area contributed by atoms with Gasteiger partial charge in [-0.3, -0.25) is 0 Å². The van der Waals surface area contributed by atoms with Crippen LogP contribution in [-0.4, -0.2) is 20.2 Å². The highest BCUT2D eigenvalue weighted by molar-refractivity contribution is 7.89. The SMILES string of the molecule is N#CCS(=O)(=O)NC1Cc2ccccc2C1. The maximum Gasteiger partial charge on any atom is 0.225 e. The monoisotopic (exact) mass is 236 g/mol. The number of fused-ring (bicyclic) bond motifs is 1. The first-order valence-electron chi connectivity index (χ1n) is 5.04. The average molecular weight is 236 g/mol. The summed E-state index contributed by atoms with van der Waals surface area (Å²) in [5.41, 5.74) is 2.37. The molecule has 0 radical (unpaired) electrons. The molecule has 0 aromatic heterocycles. The van der Waals surface area contributed by atoms with Crippen LogP contribution in [0.15, 0.2) is 24.3 Å². The van der Waals surface area contributed by atoms with Crippen molar-refractivity contribution in [1.29, 1.82) is 5.26 Å². The molecule has 0 fully saturated rings. The summed E-state index contributed by atoms with van der Waals surface area (Å²) in [7, 11) is -3.44. The summed E-state index contributed by atoms with van der Waals surface area (Å²) < 4.78 is 25.4. The van der Waals surface area contributed by atoms with Crippen molar-refractivity contribution in [3.63, 3.8) is 0 Å². The summed E-state index contributed by atoms with van der Waals surface area (Å²) in [6.45, 7) is 0.